The van der Waals surface area contributed by atoms with E-state index in [0.717, 1.165) is 68.5 Å². The molecule has 0 radical (unpaired) electrons. The van der Waals surface area contributed by atoms with Crippen LogP contribution in [-0.2, 0) is 6.42 Å². The largest absolute Gasteiger partial charge is 0.365 e. The Morgan fingerprint density at radius 3 is 2.44 bits per heavy atom. The molecule has 2 aromatic rings. The standard InChI is InChI=1S/C21H32N6/c1-5-18-16-19(24-20(23-18)17-6-9-22-10-7-17)25-21(2,3)8-11-27-14-12-26(4)13-15-27/h6-7,9-10,16H,5,8,11-15H2,1-4H3,(H,23,24,25). The van der Waals surface area contributed by atoms with E-state index in [1.165, 1.54) is 0 Å². The van der Waals surface area contributed by atoms with Crippen molar-refractivity contribution in [1.82, 2.24) is 24.8 Å². The van der Waals surface area contributed by atoms with E-state index in [9.17, 15) is 0 Å². The Bertz CT molecular complexity index is 723. The number of rotatable bonds is 7. The van der Waals surface area contributed by atoms with E-state index >= 15 is 0 Å². The number of nitrogens with one attached hydrogen (secondary N) is 1. The Labute approximate surface area is 163 Å². The highest BCUT2D eigenvalue weighted by Gasteiger charge is 2.22. The van der Waals surface area contributed by atoms with Crippen LogP contribution in [0.4, 0.5) is 5.82 Å². The number of hydrogen-bond donors (Lipinski definition) is 1. The van der Waals surface area contributed by atoms with Gasteiger partial charge in [0.1, 0.15) is 5.82 Å². The molecule has 0 saturated carbocycles. The van der Waals surface area contributed by atoms with Crippen molar-refractivity contribution in [2.24, 2.45) is 0 Å². The molecule has 6 heteroatoms. The Morgan fingerprint density at radius 2 is 1.78 bits per heavy atom. The van der Waals surface area contributed by atoms with Crippen LogP contribution in [0.25, 0.3) is 11.4 Å². The van der Waals surface area contributed by atoms with Crippen LogP contribution in [0.15, 0.2) is 30.6 Å². The van der Waals surface area contributed by atoms with Gasteiger partial charge in [0.2, 0.25) is 0 Å². The number of nitrogens with zero attached hydrogens (tertiary/aromatic N) is 5. The summed E-state index contributed by atoms with van der Waals surface area (Å²) in [5, 5.41) is 3.65. The summed E-state index contributed by atoms with van der Waals surface area (Å²) >= 11 is 0. The molecular weight excluding hydrogens is 336 g/mol. The molecule has 146 valence electrons. The van der Waals surface area contributed by atoms with Crippen LogP contribution in [0.3, 0.4) is 0 Å². The summed E-state index contributed by atoms with van der Waals surface area (Å²) in [6.07, 6.45) is 5.53. The first-order valence-corrected chi connectivity index (χ1v) is 9.92. The van der Waals surface area contributed by atoms with Gasteiger partial charge in [0, 0.05) is 68.0 Å². The fourth-order valence-corrected chi connectivity index (χ4v) is 3.29. The summed E-state index contributed by atoms with van der Waals surface area (Å²) in [6, 6.07) is 5.98. The Morgan fingerprint density at radius 1 is 1.07 bits per heavy atom. The maximum absolute atomic E-state index is 4.77. The minimum atomic E-state index is -0.0295. The molecule has 3 rings (SSSR count). The van der Waals surface area contributed by atoms with Crippen molar-refractivity contribution in [2.45, 2.75) is 39.2 Å². The molecule has 0 amide bonds. The van der Waals surface area contributed by atoms with E-state index < -0.39 is 0 Å². The third-order valence-corrected chi connectivity index (χ3v) is 5.20. The predicted molar refractivity (Wildman–Crippen MR) is 111 cm³/mol. The maximum Gasteiger partial charge on any atom is 0.161 e. The van der Waals surface area contributed by atoms with Gasteiger partial charge >= 0.3 is 0 Å². The molecule has 0 atom stereocenters. The molecule has 6 nitrogen and oxygen atoms in total. The minimum absolute atomic E-state index is 0.0295. The van der Waals surface area contributed by atoms with Gasteiger partial charge in [-0.15, -0.1) is 0 Å². The van der Waals surface area contributed by atoms with E-state index in [-0.39, 0.29) is 5.54 Å². The summed E-state index contributed by atoms with van der Waals surface area (Å²) in [5.74, 6) is 1.66. The lowest BCUT2D eigenvalue weighted by molar-refractivity contribution is 0.147. The number of aromatic nitrogens is 3. The van der Waals surface area contributed by atoms with Gasteiger partial charge in [-0.1, -0.05) is 6.92 Å². The van der Waals surface area contributed by atoms with Gasteiger partial charge in [-0.25, -0.2) is 9.97 Å². The normalized spacial score (nSPS) is 16.4. The lowest BCUT2D eigenvalue weighted by Crippen LogP contribution is -2.46. The third-order valence-electron chi connectivity index (χ3n) is 5.20. The highest BCUT2D eigenvalue weighted by atomic mass is 15.2. The average Bonchev–Trinajstić information content (AvgIpc) is 2.67. The molecule has 1 saturated heterocycles. The van der Waals surface area contributed by atoms with Crippen molar-refractivity contribution in [2.75, 3.05) is 45.1 Å². The fraction of sp³-hybridized carbons (Fsp3) is 0.571. The number of anilines is 1. The van der Waals surface area contributed by atoms with Crippen molar-refractivity contribution < 1.29 is 0 Å². The number of aryl methyl sites for hydroxylation is 1. The molecule has 1 fully saturated rings. The zero-order valence-corrected chi connectivity index (χ0v) is 17.1. The average molecular weight is 369 g/mol. The first kappa shape index (κ1) is 19.7. The third kappa shape index (κ3) is 5.71. The highest BCUT2D eigenvalue weighted by molar-refractivity contribution is 5.57. The second-order valence-corrected chi connectivity index (χ2v) is 8.06. The summed E-state index contributed by atoms with van der Waals surface area (Å²) < 4.78 is 0. The molecule has 0 aliphatic carbocycles. The number of hydrogen-bond acceptors (Lipinski definition) is 6. The lowest BCUT2D eigenvalue weighted by Gasteiger charge is -2.35. The zero-order valence-electron chi connectivity index (χ0n) is 17.1. The summed E-state index contributed by atoms with van der Waals surface area (Å²) in [6.45, 7) is 12.4. The SMILES string of the molecule is CCc1cc(NC(C)(C)CCN2CCN(C)CC2)nc(-c2ccncc2)n1. The van der Waals surface area contributed by atoms with Crippen molar-refractivity contribution in [3.8, 4) is 11.4 Å². The maximum atomic E-state index is 4.77. The predicted octanol–water partition coefficient (Wildman–Crippen LogP) is 2.93. The molecule has 2 aromatic heterocycles. The van der Waals surface area contributed by atoms with Gasteiger partial charge in [0.15, 0.2) is 5.82 Å². The van der Waals surface area contributed by atoms with Gasteiger partial charge in [0.05, 0.1) is 0 Å². The van der Waals surface area contributed by atoms with Crippen molar-refractivity contribution in [3.63, 3.8) is 0 Å². The van der Waals surface area contributed by atoms with E-state index in [0.29, 0.717) is 0 Å². The smallest absolute Gasteiger partial charge is 0.161 e. The number of piperazine rings is 1. The van der Waals surface area contributed by atoms with Crippen LogP contribution in [0.5, 0.6) is 0 Å². The van der Waals surface area contributed by atoms with Crippen LogP contribution in [0.2, 0.25) is 0 Å². The molecule has 0 bridgehead atoms. The van der Waals surface area contributed by atoms with Gasteiger partial charge in [-0.05, 0) is 45.9 Å². The molecule has 1 N–H and O–H groups in total. The molecule has 3 heterocycles. The van der Waals surface area contributed by atoms with Crippen LogP contribution in [0, 0.1) is 0 Å². The molecule has 27 heavy (non-hydrogen) atoms. The highest BCUT2D eigenvalue weighted by Crippen LogP contribution is 2.22. The van der Waals surface area contributed by atoms with E-state index in [1.54, 1.807) is 12.4 Å². The van der Waals surface area contributed by atoms with E-state index in [2.05, 4.69) is 59.0 Å². The first-order valence-electron chi connectivity index (χ1n) is 9.92. The van der Waals surface area contributed by atoms with Gasteiger partial charge < -0.3 is 15.1 Å². The Hall–Kier alpha value is -2.05. The lowest BCUT2D eigenvalue weighted by atomic mass is 10.00. The van der Waals surface area contributed by atoms with Gasteiger partial charge in [0.25, 0.3) is 0 Å². The molecule has 0 unspecified atom stereocenters. The molecule has 1 aliphatic rings. The quantitative estimate of drug-likeness (QED) is 0.811. The zero-order chi connectivity index (χ0) is 19.3. The molecule has 0 spiro atoms. The van der Waals surface area contributed by atoms with Crippen LogP contribution in [-0.4, -0.2) is 70.1 Å². The molecule has 1 aliphatic heterocycles. The summed E-state index contributed by atoms with van der Waals surface area (Å²) in [5.41, 5.74) is 2.02. The van der Waals surface area contributed by atoms with Crippen molar-refractivity contribution >= 4 is 5.82 Å². The Kier molecular flexibility index (Phi) is 6.39. The second-order valence-electron chi connectivity index (χ2n) is 8.06. The van der Waals surface area contributed by atoms with Gasteiger partial charge in [-0.3, -0.25) is 4.98 Å². The fourth-order valence-electron chi connectivity index (χ4n) is 3.29. The molecular formula is C21H32N6. The number of pyridine rings is 1. The topological polar surface area (TPSA) is 57.2 Å². The van der Waals surface area contributed by atoms with Gasteiger partial charge in [-0.2, -0.15) is 0 Å². The number of likely N-dealkylation sites (N-methyl/N-ethyl adjacent to an activating group) is 1. The van der Waals surface area contributed by atoms with Crippen LogP contribution in [0.1, 0.15) is 32.9 Å². The monoisotopic (exact) mass is 368 g/mol. The minimum Gasteiger partial charge on any atom is -0.365 e. The van der Waals surface area contributed by atoms with E-state index in [4.69, 9.17) is 4.98 Å². The van der Waals surface area contributed by atoms with Crippen molar-refractivity contribution in [1.29, 1.82) is 0 Å². The van der Waals surface area contributed by atoms with E-state index in [1.807, 2.05) is 12.1 Å². The second kappa shape index (κ2) is 8.76. The van der Waals surface area contributed by atoms with Crippen molar-refractivity contribution in [3.05, 3.63) is 36.3 Å². The Balaban J connectivity index is 1.68. The first-order chi connectivity index (χ1) is 12.9. The summed E-state index contributed by atoms with van der Waals surface area (Å²) in [7, 11) is 2.20. The summed E-state index contributed by atoms with van der Waals surface area (Å²) in [4.78, 5) is 18.5. The van der Waals surface area contributed by atoms with Crippen LogP contribution >= 0.6 is 0 Å². The molecule has 0 aromatic carbocycles. The van der Waals surface area contributed by atoms with Crippen LogP contribution < -0.4 is 5.32 Å².